The predicted molar refractivity (Wildman–Crippen MR) is 69.9 cm³/mol. The van der Waals surface area contributed by atoms with Gasteiger partial charge in [-0.25, -0.2) is 0 Å². The quantitative estimate of drug-likeness (QED) is 0.753. The predicted octanol–water partition coefficient (Wildman–Crippen LogP) is 1.41. The maximum atomic E-state index is 12.2. The van der Waals surface area contributed by atoms with Crippen LogP contribution in [-0.2, 0) is 9.59 Å². The second-order valence-corrected chi connectivity index (χ2v) is 5.90. The molecule has 0 radical (unpaired) electrons. The molecule has 102 valence electrons. The fourth-order valence-corrected chi connectivity index (χ4v) is 3.22. The molecule has 0 aromatic carbocycles. The van der Waals surface area contributed by atoms with Gasteiger partial charge in [0.05, 0.1) is 11.8 Å². The Morgan fingerprint density at radius 3 is 2.22 bits per heavy atom. The molecule has 1 saturated heterocycles. The van der Waals surface area contributed by atoms with Crippen LogP contribution in [0.2, 0.25) is 0 Å². The van der Waals surface area contributed by atoms with Crippen molar-refractivity contribution in [3.63, 3.8) is 0 Å². The van der Waals surface area contributed by atoms with E-state index in [1.54, 1.807) is 0 Å². The van der Waals surface area contributed by atoms with Crippen LogP contribution in [0.15, 0.2) is 0 Å². The number of hydrogen-bond donors (Lipinski definition) is 1. The minimum absolute atomic E-state index is 0.0125. The van der Waals surface area contributed by atoms with Crippen molar-refractivity contribution in [3.8, 4) is 0 Å². The Hall–Kier alpha value is -0.900. The molecule has 2 unspecified atom stereocenters. The molecular weight excluding hydrogens is 228 g/mol. The summed E-state index contributed by atoms with van der Waals surface area (Å²) in [7, 11) is 0. The van der Waals surface area contributed by atoms with Gasteiger partial charge in [0.2, 0.25) is 11.8 Å². The third kappa shape index (κ3) is 2.44. The number of imide groups is 1. The molecule has 1 saturated carbocycles. The Balaban J connectivity index is 1.92. The Morgan fingerprint density at radius 1 is 1.22 bits per heavy atom. The maximum Gasteiger partial charge on any atom is 0.233 e. The first kappa shape index (κ1) is 13.5. The van der Waals surface area contributed by atoms with Crippen molar-refractivity contribution in [1.29, 1.82) is 0 Å². The van der Waals surface area contributed by atoms with Crippen LogP contribution in [0.5, 0.6) is 0 Å². The lowest BCUT2D eigenvalue weighted by molar-refractivity contribution is -0.140. The Bertz CT molecular complexity index is 317. The SMILES string of the molecule is CCC1CC2C(=O)N(CCNC(C)C)C(=O)C2C1. The molecule has 0 aromatic rings. The molecule has 2 aliphatic rings. The summed E-state index contributed by atoms with van der Waals surface area (Å²) >= 11 is 0. The fourth-order valence-electron chi connectivity index (χ4n) is 3.22. The summed E-state index contributed by atoms with van der Waals surface area (Å²) in [5, 5.41) is 3.25. The average molecular weight is 252 g/mol. The monoisotopic (exact) mass is 252 g/mol. The molecule has 0 spiro atoms. The number of rotatable bonds is 5. The number of likely N-dealkylation sites (tertiary alicyclic amines) is 1. The van der Waals surface area contributed by atoms with Crippen molar-refractivity contribution in [2.45, 2.75) is 46.1 Å². The molecule has 2 fully saturated rings. The topological polar surface area (TPSA) is 49.4 Å². The average Bonchev–Trinajstić information content (AvgIpc) is 2.84. The lowest BCUT2D eigenvalue weighted by Crippen LogP contribution is -2.39. The molecule has 1 N–H and O–H groups in total. The number of amides is 2. The van der Waals surface area contributed by atoms with Crippen molar-refractivity contribution in [3.05, 3.63) is 0 Å². The number of hydrogen-bond acceptors (Lipinski definition) is 3. The van der Waals surface area contributed by atoms with Gasteiger partial charge in [-0.15, -0.1) is 0 Å². The van der Waals surface area contributed by atoms with Gasteiger partial charge in [-0.1, -0.05) is 27.2 Å². The molecule has 0 bridgehead atoms. The molecule has 4 heteroatoms. The summed E-state index contributed by atoms with van der Waals surface area (Å²) in [6.45, 7) is 7.50. The third-order valence-electron chi connectivity index (χ3n) is 4.29. The van der Waals surface area contributed by atoms with E-state index < -0.39 is 0 Å². The summed E-state index contributed by atoms with van der Waals surface area (Å²) in [5.74, 6) is 0.699. The second-order valence-electron chi connectivity index (χ2n) is 5.90. The largest absolute Gasteiger partial charge is 0.313 e. The zero-order valence-electron chi connectivity index (χ0n) is 11.6. The van der Waals surface area contributed by atoms with E-state index in [0.717, 1.165) is 19.3 Å². The number of carbonyl (C=O) groups is 2. The Kier molecular flexibility index (Phi) is 4.05. The minimum atomic E-state index is -0.0125. The van der Waals surface area contributed by atoms with Crippen molar-refractivity contribution in [1.82, 2.24) is 10.2 Å². The molecule has 0 aromatic heterocycles. The molecule has 18 heavy (non-hydrogen) atoms. The molecule has 1 aliphatic heterocycles. The van der Waals surface area contributed by atoms with Crippen LogP contribution in [0.3, 0.4) is 0 Å². The van der Waals surface area contributed by atoms with Gasteiger partial charge in [-0.05, 0) is 18.8 Å². The van der Waals surface area contributed by atoms with E-state index in [9.17, 15) is 9.59 Å². The van der Waals surface area contributed by atoms with Gasteiger partial charge in [-0.2, -0.15) is 0 Å². The highest BCUT2D eigenvalue weighted by atomic mass is 16.2. The first-order valence-corrected chi connectivity index (χ1v) is 7.13. The summed E-state index contributed by atoms with van der Waals surface area (Å²) < 4.78 is 0. The Labute approximate surface area is 109 Å². The van der Waals surface area contributed by atoms with Crippen LogP contribution < -0.4 is 5.32 Å². The highest BCUT2D eigenvalue weighted by Gasteiger charge is 2.51. The van der Waals surface area contributed by atoms with Crippen LogP contribution >= 0.6 is 0 Å². The van der Waals surface area contributed by atoms with Crippen LogP contribution in [0.1, 0.15) is 40.0 Å². The van der Waals surface area contributed by atoms with E-state index in [-0.39, 0.29) is 23.7 Å². The third-order valence-corrected chi connectivity index (χ3v) is 4.29. The lowest BCUT2D eigenvalue weighted by Gasteiger charge is -2.18. The standard InChI is InChI=1S/C14H24N2O2/c1-4-10-7-11-12(8-10)14(18)16(13(11)17)6-5-15-9(2)3/h9-12,15H,4-8H2,1-3H3. The van der Waals surface area contributed by atoms with E-state index >= 15 is 0 Å². The van der Waals surface area contributed by atoms with Gasteiger partial charge in [0, 0.05) is 19.1 Å². The summed E-state index contributed by atoms with van der Waals surface area (Å²) in [4.78, 5) is 25.9. The fraction of sp³-hybridized carbons (Fsp3) is 0.857. The highest BCUT2D eigenvalue weighted by Crippen LogP contribution is 2.44. The van der Waals surface area contributed by atoms with Crippen LogP contribution in [-0.4, -0.2) is 35.8 Å². The molecule has 2 rings (SSSR count). The van der Waals surface area contributed by atoms with Gasteiger partial charge in [0.25, 0.3) is 0 Å². The van der Waals surface area contributed by atoms with E-state index in [1.807, 2.05) is 0 Å². The van der Waals surface area contributed by atoms with E-state index in [4.69, 9.17) is 0 Å². The molecule has 4 nitrogen and oxygen atoms in total. The highest BCUT2D eigenvalue weighted by molar-refractivity contribution is 6.05. The summed E-state index contributed by atoms with van der Waals surface area (Å²) in [5.41, 5.74) is 0. The lowest BCUT2D eigenvalue weighted by atomic mass is 10.00. The van der Waals surface area contributed by atoms with Gasteiger partial charge in [0.1, 0.15) is 0 Å². The normalized spacial score (nSPS) is 31.6. The van der Waals surface area contributed by atoms with Crippen LogP contribution in [0.4, 0.5) is 0 Å². The Morgan fingerprint density at radius 2 is 1.78 bits per heavy atom. The smallest absolute Gasteiger partial charge is 0.233 e. The zero-order valence-corrected chi connectivity index (χ0v) is 11.6. The number of fused-ring (bicyclic) bond motifs is 1. The van der Waals surface area contributed by atoms with Crippen molar-refractivity contribution >= 4 is 11.8 Å². The minimum Gasteiger partial charge on any atom is -0.313 e. The van der Waals surface area contributed by atoms with Crippen LogP contribution in [0.25, 0.3) is 0 Å². The van der Waals surface area contributed by atoms with Crippen molar-refractivity contribution < 1.29 is 9.59 Å². The van der Waals surface area contributed by atoms with Crippen molar-refractivity contribution in [2.24, 2.45) is 17.8 Å². The van der Waals surface area contributed by atoms with E-state index in [0.29, 0.717) is 25.0 Å². The summed E-state index contributed by atoms with van der Waals surface area (Å²) in [6.07, 6.45) is 2.92. The number of nitrogens with zero attached hydrogens (tertiary/aromatic N) is 1. The van der Waals surface area contributed by atoms with Gasteiger partial charge >= 0.3 is 0 Å². The first-order chi connectivity index (χ1) is 8.54. The first-order valence-electron chi connectivity index (χ1n) is 7.13. The molecule has 1 heterocycles. The van der Waals surface area contributed by atoms with Gasteiger partial charge < -0.3 is 5.32 Å². The number of carbonyl (C=O) groups excluding carboxylic acids is 2. The van der Waals surface area contributed by atoms with E-state index in [1.165, 1.54) is 4.90 Å². The molecule has 2 atom stereocenters. The molecule has 2 amide bonds. The van der Waals surface area contributed by atoms with Crippen LogP contribution in [0, 0.1) is 17.8 Å². The molecule has 1 aliphatic carbocycles. The van der Waals surface area contributed by atoms with Gasteiger partial charge in [-0.3, -0.25) is 14.5 Å². The second kappa shape index (κ2) is 5.39. The van der Waals surface area contributed by atoms with E-state index in [2.05, 4.69) is 26.1 Å². The maximum absolute atomic E-state index is 12.2. The zero-order chi connectivity index (χ0) is 13.3. The number of nitrogens with one attached hydrogen (secondary N) is 1. The van der Waals surface area contributed by atoms with Gasteiger partial charge in [0.15, 0.2) is 0 Å². The molecular formula is C14H24N2O2. The summed E-state index contributed by atoms with van der Waals surface area (Å²) in [6, 6.07) is 0.391. The van der Waals surface area contributed by atoms with Crippen molar-refractivity contribution in [2.75, 3.05) is 13.1 Å².